The van der Waals surface area contributed by atoms with E-state index in [2.05, 4.69) is 52.9 Å². The zero-order valence-corrected chi connectivity index (χ0v) is 13.1. The minimum Gasteiger partial charge on any atom is -0.369 e. The summed E-state index contributed by atoms with van der Waals surface area (Å²) in [5.74, 6) is 0.769. The van der Waals surface area contributed by atoms with Crippen LogP contribution in [0.1, 0.15) is 45.2 Å². The van der Waals surface area contributed by atoms with Gasteiger partial charge in [-0.15, -0.1) is 0 Å². The fourth-order valence-electron chi connectivity index (χ4n) is 2.76. The molecule has 0 aromatic heterocycles. The second kappa shape index (κ2) is 5.62. The van der Waals surface area contributed by atoms with Crippen LogP contribution in [-0.4, -0.2) is 12.6 Å². The van der Waals surface area contributed by atoms with Gasteiger partial charge in [0.05, 0.1) is 0 Å². The standard InChI is InChI=1S/C15H23BrN2/c1-10-5-4-8-18(12(10)3)13-6-7-14(11(2)17)15(16)9-13/h6-7,9-12H,4-5,8,17H2,1-3H3. The Hall–Kier alpha value is -0.540. The maximum Gasteiger partial charge on any atom is 0.0380 e. The van der Waals surface area contributed by atoms with Gasteiger partial charge in [-0.1, -0.05) is 28.9 Å². The Morgan fingerprint density at radius 2 is 2.11 bits per heavy atom. The summed E-state index contributed by atoms with van der Waals surface area (Å²) in [5, 5.41) is 0. The Morgan fingerprint density at radius 1 is 1.39 bits per heavy atom. The van der Waals surface area contributed by atoms with E-state index in [0.717, 1.165) is 16.9 Å². The fourth-order valence-corrected chi connectivity index (χ4v) is 3.49. The highest BCUT2D eigenvalue weighted by atomic mass is 79.9. The first-order valence-electron chi connectivity index (χ1n) is 6.82. The van der Waals surface area contributed by atoms with Gasteiger partial charge < -0.3 is 10.6 Å². The topological polar surface area (TPSA) is 29.3 Å². The molecule has 2 nitrogen and oxygen atoms in total. The zero-order chi connectivity index (χ0) is 13.3. The van der Waals surface area contributed by atoms with E-state index in [0.29, 0.717) is 6.04 Å². The smallest absolute Gasteiger partial charge is 0.0380 e. The normalized spacial score (nSPS) is 26.2. The van der Waals surface area contributed by atoms with E-state index in [1.54, 1.807) is 0 Å². The molecule has 18 heavy (non-hydrogen) atoms. The molecular weight excluding hydrogens is 288 g/mol. The van der Waals surface area contributed by atoms with Crippen molar-refractivity contribution in [1.29, 1.82) is 0 Å². The van der Waals surface area contributed by atoms with Crippen molar-refractivity contribution in [1.82, 2.24) is 0 Å². The van der Waals surface area contributed by atoms with E-state index < -0.39 is 0 Å². The fraction of sp³-hybridized carbons (Fsp3) is 0.600. The van der Waals surface area contributed by atoms with Crippen molar-refractivity contribution in [2.24, 2.45) is 11.7 Å². The monoisotopic (exact) mass is 310 g/mol. The van der Waals surface area contributed by atoms with E-state index >= 15 is 0 Å². The van der Waals surface area contributed by atoms with Gasteiger partial charge in [-0.25, -0.2) is 0 Å². The van der Waals surface area contributed by atoms with Crippen molar-refractivity contribution in [3.63, 3.8) is 0 Å². The highest BCUT2D eigenvalue weighted by Crippen LogP contribution is 2.32. The highest BCUT2D eigenvalue weighted by Gasteiger charge is 2.25. The van der Waals surface area contributed by atoms with Crippen LogP contribution in [0.25, 0.3) is 0 Å². The van der Waals surface area contributed by atoms with Gasteiger partial charge in [0.15, 0.2) is 0 Å². The third-order valence-electron chi connectivity index (χ3n) is 4.18. The van der Waals surface area contributed by atoms with E-state index in [1.807, 2.05) is 6.92 Å². The highest BCUT2D eigenvalue weighted by molar-refractivity contribution is 9.10. The van der Waals surface area contributed by atoms with Crippen LogP contribution in [0.2, 0.25) is 0 Å². The van der Waals surface area contributed by atoms with Gasteiger partial charge in [-0.05, 0) is 50.3 Å². The van der Waals surface area contributed by atoms with Crippen LogP contribution < -0.4 is 10.6 Å². The molecule has 3 atom stereocenters. The molecule has 100 valence electrons. The van der Waals surface area contributed by atoms with Crippen molar-refractivity contribution >= 4 is 21.6 Å². The van der Waals surface area contributed by atoms with Gasteiger partial charge in [0.2, 0.25) is 0 Å². The molecule has 1 aliphatic heterocycles. The lowest BCUT2D eigenvalue weighted by Crippen LogP contribution is -2.42. The number of nitrogens with zero attached hydrogens (tertiary/aromatic N) is 1. The summed E-state index contributed by atoms with van der Waals surface area (Å²) in [6, 6.07) is 7.26. The summed E-state index contributed by atoms with van der Waals surface area (Å²) in [6.07, 6.45) is 2.63. The maximum absolute atomic E-state index is 5.95. The van der Waals surface area contributed by atoms with Gasteiger partial charge in [0.1, 0.15) is 0 Å². The van der Waals surface area contributed by atoms with Crippen molar-refractivity contribution in [2.75, 3.05) is 11.4 Å². The molecule has 0 radical (unpaired) electrons. The van der Waals surface area contributed by atoms with Crippen LogP contribution in [-0.2, 0) is 0 Å². The quantitative estimate of drug-likeness (QED) is 0.891. The Balaban J connectivity index is 2.26. The van der Waals surface area contributed by atoms with Crippen molar-refractivity contribution in [3.05, 3.63) is 28.2 Å². The molecule has 0 spiro atoms. The van der Waals surface area contributed by atoms with Crippen LogP contribution >= 0.6 is 15.9 Å². The number of piperidine rings is 1. The molecule has 0 saturated carbocycles. The summed E-state index contributed by atoms with van der Waals surface area (Å²) in [7, 11) is 0. The summed E-state index contributed by atoms with van der Waals surface area (Å²) in [4.78, 5) is 2.52. The number of rotatable bonds is 2. The number of benzene rings is 1. The third kappa shape index (κ3) is 2.72. The van der Waals surface area contributed by atoms with Gasteiger partial charge >= 0.3 is 0 Å². The van der Waals surface area contributed by atoms with Gasteiger partial charge in [0, 0.05) is 28.8 Å². The van der Waals surface area contributed by atoms with Crippen LogP contribution in [0.3, 0.4) is 0 Å². The van der Waals surface area contributed by atoms with Gasteiger partial charge in [-0.3, -0.25) is 0 Å². The van der Waals surface area contributed by atoms with E-state index in [4.69, 9.17) is 5.73 Å². The molecule has 3 unspecified atom stereocenters. The average Bonchev–Trinajstić information content (AvgIpc) is 2.32. The molecule has 0 bridgehead atoms. The van der Waals surface area contributed by atoms with Crippen molar-refractivity contribution < 1.29 is 0 Å². The molecule has 1 aromatic rings. The molecule has 0 amide bonds. The maximum atomic E-state index is 5.95. The van der Waals surface area contributed by atoms with E-state index in [-0.39, 0.29) is 6.04 Å². The number of hydrogen-bond acceptors (Lipinski definition) is 2. The second-order valence-electron chi connectivity index (χ2n) is 5.55. The van der Waals surface area contributed by atoms with Crippen LogP contribution in [0.4, 0.5) is 5.69 Å². The Kier molecular flexibility index (Phi) is 4.33. The van der Waals surface area contributed by atoms with Gasteiger partial charge in [0.25, 0.3) is 0 Å². The van der Waals surface area contributed by atoms with Crippen LogP contribution in [0, 0.1) is 5.92 Å². The minimum absolute atomic E-state index is 0.0751. The second-order valence-corrected chi connectivity index (χ2v) is 6.40. The predicted octanol–water partition coefficient (Wildman–Crippen LogP) is 4.09. The minimum atomic E-state index is 0.0751. The molecular formula is C15H23BrN2. The Labute approximate surface area is 119 Å². The van der Waals surface area contributed by atoms with Crippen LogP contribution in [0.15, 0.2) is 22.7 Å². The number of nitrogens with two attached hydrogens (primary N) is 1. The largest absolute Gasteiger partial charge is 0.369 e. The summed E-state index contributed by atoms with van der Waals surface area (Å²) in [5.41, 5.74) is 8.44. The molecule has 2 N–H and O–H groups in total. The van der Waals surface area contributed by atoms with Crippen molar-refractivity contribution in [3.8, 4) is 0 Å². The predicted molar refractivity (Wildman–Crippen MR) is 82.0 cm³/mol. The molecule has 1 saturated heterocycles. The first-order valence-corrected chi connectivity index (χ1v) is 7.61. The number of halogens is 1. The third-order valence-corrected chi connectivity index (χ3v) is 4.87. The molecule has 3 heteroatoms. The van der Waals surface area contributed by atoms with E-state index in [9.17, 15) is 0 Å². The van der Waals surface area contributed by atoms with Gasteiger partial charge in [-0.2, -0.15) is 0 Å². The number of anilines is 1. The molecule has 1 aromatic carbocycles. The van der Waals surface area contributed by atoms with E-state index in [1.165, 1.54) is 24.1 Å². The zero-order valence-electron chi connectivity index (χ0n) is 11.5. The van der Waals surface area contributed by atoms with Crippen LogP contribution in [0.5, 0.6) is 0 Å². The first-order chi connectivity index (χ1) is 8.50. The summed E-state index contributed by atoms with van der Waals surface area (Å²) >= 11 is 3.64. The lowest BCUT2D eigenvalue weighted by molar-refractivity contribution is 0.363. The summed E-state index contributed by atoms with van der Waals surface area (Å²) < 4.78 is 1.13. The molecule has 2 rings (SSSR count). The molecule has 1 heterocycles. The number of hydrogen-bond donors (Lipinski definition) is 1. The lowest BCUT2D eigenvalue weighted by Gasteiger charge is -2.40. The summed E-state index contributed by atoms with van der Waals surface area (Å²) in [6.45, 7) is 7.86. The Bertz CT molecular complexity index is 417. The lowest BCUT2D eigenvalue weighted by atomic mass is 9.91. The molecule has 1 fully saturated rings. The van der Waals surface area contributed by atoms with Crippen molar-refractivity contribution in [2.45, 2.75) is 45.7 Å². The average molecular weight is 311 g/mol. The SMILES string of the molecule is CC(N)c1ccc(N2CCCC(C)C2C)cc1Br. The molecule has 1 aliphatic rings. The Morgan fingerprint density at radius 3 is 2.72 bits per heavy atom. The molecule has 0 aliphatic carbocycles. The first kappa shape index (κ1) is 13.9.